The lowest BCUT2D eigenvalue weighted by atomic mass is 10.2. The van der Waals surface area contributed by atoms with Gasteiger partial charge in [-0.3, -0.25) is 0 Å². The number of hydrogen-bond donors (Lipinski definition) is 2. The summed E-state index contributed by atoms with van der Waals surface area (Å²) in [6.45, 7) is 1.90. The number of hydrogen-bond acceptors (Lipinski definition) is 4. The van der Waals surface area contributed by atoms with E-state index in [1.54, 1.807) is 0 Å². The Hall–Kier alpha value is -1.70. The summed E-state index contributed by atoms with van der Waals surface area (Å²) in [7, 11) is -3.68. The second-order valence-electron chi connectivity index (χ2n) is 4.43. The summed E-state index contributed by atoms with van der Waals surface area (Å²) in [5.41, 5.74) is 0.0549. The van der Waals surface area contributed by atoms with Crippen LogP contribution in [-0.4, -0.2) is 19.5 Å². The van der Waals surface area contributed by atoms with Crippen LogP contribution in [0, 0.1) is 0 Å². The van der Waals surface area contributed by atoms with E-state index in [-0.39, 0.29) is 16.5 Å². The van der Waals surface area contributed by atoms with Gasteiger partial charge in [0.2, 0.25) is 10.0 Å². The fourth-order valence-corrected chi connectivity index (χ4v) is 4.10. The first-order valence-corrected chi connectivity index (χ1v) is 8.69. The molecule has 0 spiro atoms. The van der Waals surface area contributed by atoms with Gasteiger partial charge in [0.1, 0.15) is 0 Å². The lowest BCUT2D eigenvalue weighted by Gasteiger charge is -2.15. The Balaban J connectivity index is 2.23. The number of carbonyl (C=O) groups is 1. The van der Waals surface area contributed by atoms with Crippen molar-refractivity contribution >= 4 is 27.3 Å². The zero-order valence-electron chi connectivity index (χ0n) is 11.3. The summed E-state index contributed by atoms with van der Waals surface area (Å²) in [5.74, 6) is -1.09. The molecule has 0 aliphatic rings. The maximum atomic E-state index is 12.3. The van der Waals surface area contributed by atoms with E-state index in [4.69, 9.17) is 5.11 Å². The quantitative estimate of drug-likeness (QED) is 0.855. The number of thiophene rings is 1. The molecule has 0 saturated heterocycles. The van der Waals surface area contributed by atoms with Crippen LogP contribution in [0.25, 0.3) is 0 Å². The highest BCUT2D eigenvalue weighted by Gasteiger charge is 2.21. The molecule has 1 unspecified atom stereocenters. The maximum absolute atomic E-state index is 12.3. The molecule has 2 N–H and O–H groups in total. The first-order chi connectivity index (χ1) is 9.94. The third-order valence-corrected chi connectivity index (χ3v) is 5.48. The molecular weight excluding hydrogens is 310 g/mol. The van der Waals surface area contributed by atoms with Gasteiger partial charge in [-0.25, -0.2) is 17.9 Å². The van der Waals surface area contributed by atoms with Crippen LogP contribution in [-0.2, 0) is 10.0 Å². The highest BCUT2D eigenvalue weighted by molar-refractivity contribution is 7.89. The zero-order valence-corrected chi connectivity index (χ0v) is 12.9. The van der Waals surface area contributed by atoms with Crippen LogP contribution in [0.1, 0.15) is 34.6 Å². The second-order valence-corrected chi connectivity index (χ2v) is 7.12. The van der Waals surface area contributed by atoms with Crippen molar-refractivity contribution in [3.63, 3.8) is 0 Å². The van der Waals surface area contributed by atoms with E-state index in [2.05, 4.69) is 4.72 Å². The van der Waals surface area contributed by atoms with Gasteiger partial charge in [0, 0.05) is 4.88 Å². The molecule has 1 aromatic carbocycles. The number of nitrogens with one attached hydrogen (secondary N) is 1. The van der Waals surface area contributed by atoms with E-state index >= 15 is 0 Å². The van der Waals surface area contributed by atoms with Crippen LogP contribution in [0.2, 0.25) is 0 Å². The van der Waals surface area contributed by atoms with Crippen molar-refractivity contribution in [2.75, 3.05) is 0 Å². The van der Waals surface area contributed by atoms with Gasteiger partial charge in [0.15, 0.2) is 0 Å². The summed E-state index contributed by atoms with van der Waals surface area (Å²) in [6, 6.07) is 8.63. The molecule has 21 heavy (non-hydrogen) atoms. The number of benzene rings is 1. The van der Waals surface area contributed by atoms with E-state index in [1.165, 1.54) is 35.6 Å². The highest BCUT2D eigenvalue weighted by Crippen LogP contribution is 2.24. The average Bonchev–Trinajstić information content (AvgIpc) is 2.99. The third-order valence-electron chi connectivity index (χ3n) is 3.00. The highest BCUT2D eigenvalue weighted by atomic mass is 32.2. The van der Waals surface area contributed by atoms with Crippen LogP contribution in [0.3, 0.4) is 0 Å². The van der Waals surface area contributed by atoms with Gasteiger partial charge in [0.05, 0.1) is 16.5 Å². The van der Waals surface area contributed by atoms with Crippen molar-refractivity contribution in [2.24, 2.45) is 0 Å². The van der Waals surface area contributed by atoms with Gasteiger partial charge in [-0.1, -0.05) is 13.0 Å². The third kappa shape index (κ3) is 3.69. The van der Waals surface area contributed by atoms with Crippen molar-refractivity contribution in [2.45, 2.75) is 24.3 Å². The molecule has 2 rings (SSSR count). The molecule has 7 heteroatoms. The summed E-state index contributed by atoms with van der Waals surface area (Å²) in [4.78, 5) is 11.8. The second kappa shape index (κ2) is 6.38. The summed E-state index contributed by atoms with van der Waals surface area (Å²) < 4.78 is 27.3. The Labute approximate surface area is 127 Å². The van der Waals surface area contributed by atoms with Crippen LogP contribution in [0.4, 0.5) is 0 Å². The lowest BCUT2D eigenvalue weighted by Crippen LogP contribution is -2.27. The average molecular weight is 325 g/mol. The molecule has 1 aromatic heterocycles. The lowest BCUT2D eigenvalue weighted by molar-refractivity contribution is 0.0696. The molecule has 5 nitrogen and oxygen atoms in total. The zero-order chi connectivity index (χ0) is 15.5. The van der Waals surface area contributed by atoms with E-state index in [0.717, 1.165) is 4.88 Å². The van der Waals surface area contributed by atoms with Crippen molar-refractivity contribution in [1.29, 1.82) is 0 Å². The van der Waals surface area contributed by atoms with E-state index < -0.39 is 16.0 Å². The molecular formula is C14H15NO4S2. The van der Waals surface area contributed by atoms with E-state index in [9.17, 15) is 13.2 Å². The van der Waals surface area contributed by atoms with Crippen LogP contribution in [0.5, 0.6) is 0 Å². The summed E-state index contributed by atoms with van der Waals surface area (Å²) >= 11 is 1.49. The minimum Gasteiger partial charge on any atom is -0.478 e. The van der Waals surface area contributed by atoms with Crippen LogP contribution < -0.4 is 4.72 Å². The van der Waals surface area contributed by atoms with Gasteiger partial charge < -0.3 is 5.11 Å². The van der Waals surface area contributed by atoms with Gasteiger partial charge in [-0.05, 0) is 42.1 Å². The standard InChI is InChI=1S/C14H15NO4S2/c1-2-12(13-4-3-9-20-13)15-21(18,19)11-7-5-10(6-8-11)14(16)17/h3-9,12,15H,2H2,1H3,(H,16,17). The topological polar surface area (TPSA) is 83.5 Å². The number of sulfonamides is 1. The molecule has 1 atom stereocenters. The molecule has 0 bridgehead atoms. The van der Waals surface area contributed by atoms with Crippen molar-refractivity contribution < 1.29 is 18.3 Å². The number of rotatable bonds is 6. The van der Waals surface area contributed by atoms with Crippen molar-refractivity contribution in [1.82, 2.24) is 4.72 Å². The Morgan fingerprint density at radius 2 is 1.95 bits per heavy atom. The molecule has 2 aromatic rings. The van der Waals surface area contributed by atoms with E-state index in [1.807, 2.05) is 24.4 Å². The first kappa shape index (κ1) is 15.7. The van der Waals surface area contributed by atoms with Gasteiger partial charge in [-0.2, -0.15) is 0 Å². The van der Waals surface area contributed by atoms with Gasteiger partial charge >= 0.3 is 5.97 Å². The Morgan fingerprint density at radius 1 is 1.29 bits per heavy atom. The Bertz CT molecular complexity index is 706. The van der Waals surface area contributed by atoms with Crippen molar-refractivity contribution in [3.8, 4) is 0 Å². The number of aromatic carboxylic acids is 1. The predicted molar refractivity (Wildman–Crippen MR) is 81.1 cm³/mol. The number of carboxylic acid groups (broad SMARTS) is 1. The Morgan fingerprint density at radius 3 is 2.43 bits per heavy atom. The van der Waals surface area contributed by atoms with Gasteiger partial charge in [-0.15, -0.1) is 11.3 Å². The van der Waals surface area contributed by atoms with Crippen LogP contribution >= 0.6 is 11.3 Å². The summed E-state index contributed by atoms with van der Waals surface area (Å²) in [6.07, 6.45) is 0.632. The van der Waals surface area contributed by atoms with E-state index in [0.29, 0.717) is 6.42 Å². The molecule has 0 radical (unpaired) electrons. The molecule has 0 amide bonds. The molecule has 112 valence electrons. The molecule has 1 heterocycles. The molecule has 0 aliphatic carbocycles. The Kier molecular flexibility index (Phi) is 4.76. The first-order valence-electron chi connectivity index (χ1n) is 6.33. The number of carboxylic acids is 1. The fraction of sp³-hybridized carbons (Fsp3) is 0.214. The monoisotopic (exact) mass is 325 g/mol. The minimum absolute atomic E-state index is 0.0549. The molecule has 0 saturated carbocycles. The molecule has 0 aliphatic heterocycles. The van der Waals surface area contributed by atoms with Crippen LogP contribution in [0.15, 0.2) is 46.7 Å². The maximum Gasteiger partial charge on any atom is 0.335 e. The largest absolute Gasteiger partial charge is 0.478 e. The normalized spacial score (nSPS) is 13.0. The van der Waals surface area contributed by atoms with Crippen molar-refractivity contribution in [3.05, 3.63) is 52.2 Å². The summed E-state index contributed by atoms with van der Waals surface area (Å²) in [5, 5.41) is 10.7. The smallest absolute Gasteiger partial charge is 0.335 e. The van der Waals surface area contributed by atoms with Gasteiger partial charge in [0.25, 0.3) is 0 Å². The SMILES string of the molecule is CCC(NS(=O)(=O)c1ccc(C(=O)O)cc1)c1cccs1. The fourth-order valence-electron chi connectivity index (χ4n) is 1.86. The molecule has 0 fully saturated rings. The predicted octanol–water partition coefficient (Wildman–Crippen LogP) is 2.88. The minimum atomic E-state index is -3.68.